The Morgan fingerprint density at radius 3 is 2.78 bits per heavy atom. The smallest absolute Gasteiger partial charge is 0.326 e. The van der Waals surface area contributed by atoms with Gasteiger partial charge in [-0.3, -0.25) is 4.79 Å². The molecule has 1 rings (SSSR count). The number of hydrogen-bond acceptors (Lipinski definition) is 5. The molecule has 18 heavy (non-hydrogen) atoms. The number of nitrogens with one attached hydrogen (secondary N) is 1. The van der Waals surface area contributed by atoms with E-state index in [-0.39, 0.29) is 25.7 Å². The van der Waals surface area contributed by atoms with E-state index in [4.69, 9.17) is 4.74 Å². The molecule has 0 amide bonds. The Balaban J connectivity index is 2.79. The van der Waals surface area contributed by atoms with E-state index in [0.717, 1.165) is 4.31 Å². The summed E-state index contributed by atoms with van der Waals surface area (Å²) in [5.74, 6) is -0.415. The zero-order chi connectivity index (χ0) is 13.8. The van der Waals surface area contributed by atoms with Crippen LogP contribution in [0, 0.1) is 5.92 Å². The maximum atomic E-state index is 12.1. The third kappa shape index (κ3) is 3.91. The standard InChI is InChI=1S/C10H20N2O5S/c1-8(2)6-11-18(14,15)12-4-5-17-7-9(12)10(13)16-3/h8-9,11H,4-7H2,1-3H3. The Morgan fingerprint density at radius 2 is 2.22 bits per heavy atom. The quantitative estimate of drug-likeness (QED) is 0.677. The molecule has 0 aliphatic carbocycles. The van der Waals surface area contributed by atoms with Gasteiger partial charge in [-0.2, -0.15) is 12.7 Å². The monoisotopic (exact) mass is 280 g/mol. The summed E-state index contributed by atoms with van der Waals surface area (Å²) in [6, 6.07) is -0.909. The predicted octanol–water partition coefficient (Wildman–Crippen LogP) is -0.649. The largest absolute Gasteiger partial charge is 0.468 e. The van der Waals surface area contributed by atoms with Crippen molar-refractivity contribution in [1.82, 2.24) is 9.03 Å². The Labute approximate surface area is 108 Å². The molecular weight excluding hydrogens is 260 g/mol. The van der Waals surface area contributed by atoms with Gasteiger partial charge in [0.25, 0.3) is 10.2 Å². The fraction of sp³-hybridized carbons (Fsp3) is 0.900. The van der Waals surface area contributed by atoms with Crippen LogP contribution in [-0.4, -0.2) is 58.1 Å². The van der Waals surface area contributed by atoms with E-state index >= 15 is 0 Å². The second-order valence-electron chi connectivity index (χ2n) is 4.47. The second kappa shape index (κ2) is 6.46. The molecule has 1 N–H and O–H groups in total. The number of methoxy groups -OCH3 is 1. The number of hydrogen-bond donors (Lipinski definition) is 1. The first-order valence-corrected chi connectivity index (χ1v) is 7.24. The Bertz CT molecular complexity index is 382. The van der Waals surface area contributed by atoms with Crippen LogP contribution in [-0.2, 0) is 24.5 Å². The third-order valence-corrected chi connectivity index (χ3v) is 4.12. The van der Waals surface area contributed by atoms with Crippen LogP contribution < -0.4 is 4.72 Å². The molecule has 1 atom stereocenters. The SMILES string of the molecule is COC(=O)C1COCCN1S(=O)(=O)NCC(C)C. The van der Waals surface area contributed by atoms with E-state index in [9.17, 15) is 13.2 Å². The van der Waals surface area contributed by atoms with Crippen molar-refractivity contribution >= 4 is 16.2 Å². The molecule has 0 aromatic heterocycles. The summed E-state index contributed by atoms with van der Waals surface area (Å²) in [4.78, 5) is 11.5. The number of rotatable bonds is 5. The average molecular weight is 280 g/mol. The molecule has 1 aliphatic heterocycles. The summed E-state index contributed by atoms with van der Waals surface area (Å²) >= 11 is 0. The molecule has 7 nitrogen and oxygen atoms in total. The lowest BCUT2D eigenvalue weighted by molar-refractivity contribution is -0.149. The molecule has 0 radical (unpaired) electrons. The van der Waals surface area contributed by atoms with E-state index in [2.05, 4.69) is 9.46 Å². The Morgan fingerprint density at radius 1 is 1.56 bits per heavy atom. The highest BCUT2D eigenvalue weighted by Gasteiger charge is 2.38. The van der Waals surface area contributed by atoms with Gasteiger partial charge in [-0.15, -0.1) is 0 Å². The minimum Gasteiger partial charge on any atom is -0.468 e. The number of nitrogens with zero attached hydrogens (tertiary/aromatic N) is 1. The molecule has 106 valence electrons. The van der Waals surface area contributed by atoms with Gasteiger partial charge < -0.3 is 9.47 Å². The fourth-order valence-corrected chi connectivity index (χ4v) is 3.06. The second-order valence-corrected chi connectivity index (χ2v) is 6.18. The van der Waals surface area contributed by atoms with Gasteiger partial charge >= 0.3 is 5.97 Å². The highest BCUT2D eigenvalue weighted by Crippen LogP contribution is 2.12. The number of morpholine rings is 1. The maximum absolute atomic E-state index is 12.1. The van der Waals surface area contributed by atoms with Gasteiger partial charge in [0, 0.05) is 13.1 Å². The van der Waals surface area contributed by atoms with Gasteiger partial charge in [0.1, 0.15) is 6.04 Å². The summed E-state index contributed by atoms with van der Waals surface area (Å²) in [5, 5.41) is 0. The topological polar surface area (TPSA) is 84.9 Å². The molecule has 1 unspecified atom stereocenters. The van der Waals surface area contributed by atoms with E-state index in [1.165, 1.54) is 7.11 Å². The Kier molecular flexibility index (Phi) is 5.51. The number of ether oxygens (including phenoxy) is 2. The van der Waals surface area contributed by atoms with Gasteiger partial charge in [0.05, 0.1) is 20.3 Å². The zero-order valence-electron chi connectivity index (χ0n) is 10.9. The van der Waals surface area contributed by atoms with E-state index in [0.29, 0.717) is 6.54 Å². The van der Waals surface area contributed by atoms with Crippen molar-refractivity contribution in [3.63, 3.8) is 0 Å². The molecule has 0 saturated carbocycles. The van der Waals surface area contributed by atoms with E-state index in [1.54, 1.807) is 0 Å². The van der Waals surface area contributed by atoms with Gasteiger partial charge in [-0.25, -0.2) is 4.72 Å². The van der Waals surface area contributed by atoms with Crippen LogP contribution >= 0.6 is 0 Å². The van der Waals surface area contributed by atoms with Crippen LogP contribution in [0.25, 0.3) is 0 Å². The third-order valence-electron chi connectivity index (χ3n) is 2.54. The van der Waals surface area contributed by atoms with Crippen LogP contribution in [0.1, 0.15) is 13.8 Å². The lowest BCUT2D eigenvalue weighted by Gasteiger charge is -2.32. The molecule has 1 aliphatic rings. The molecule has 1 fully saturated rings. The minimum absolute atomic E-state index is 0.0231. The Hall–Kier alpha value is -0.700. The van der Waals surface area contributed by atoms with Crippen LogP contribution in [0.3, 0.4) is 0 Å². The summed E-state index contributed by atoms with van der Waals surface area (Å²) < 4.78 is 37.4. The summed E-state index contributed by atoms with van der Waals surface area (Å²) in [6.45, 7) is 4.57. The van der Waals surface area contributed by atoms with Gasteiger partial charge in [-0.05, 0) is 5.92 Å². The van der Waals surface area contributed by atoms with E-state index < -0.39 is 22.2 Å². The van der Waals surface area contributed by atoms with Crippen molar-refractivity contribution in [2.24, 2.45) is 5.92 Å². The number of carbonyl (C=O) groups is 1. The molecule has 0 bridgehead atoms. The van der Waals surface area contributed by atoms with Crippen molar-refractivity contribution in [2.75, 3.05) is 33.4 Å². The normalized spacial score (nSPS) is 22.1. The van der Waals surface area contributed by atoms with Crippen molar-refractivity contribution < 1.29 is 22.7 Å². The fourth-order valence-electron chi connectivity index (χ4n) is 1.55. The molecule has 8 heteroatoms. The van der Waals surface area contributed by atoms with Crippen LogP contribution in [0.4, 0.5) is 0 Å². The summed E-state index contributed by atoms with van der Waals surface area (Å²) in [5.41, 5.74) is 0. The van der Waals surface area contributed by atoms with Crippen LogP contribution in [0.2, 0.25) is 0 Å². The lowest BCUT2D eigenvalue weighted by atomic mass is 10.2. The summed E-state index contributed by atoms with van der Waals surface area (Å²) in [7, 11) is -2.45. The maximum Gasteiger partial charge on any atom is 0.326 e. The van der Waals surface area contributed by atoms with Crippen molar-refractivity contribution in [3.05, 3.63) is 0 Å². The summed E-state index contributed by atoms with van der Waals surface area (Å²) in [6.07, 6.45) is 0. The minimum atomic E-state index is -3.68. The van der Waals surface area contributed by atoms with Gasteiger partial charge in [-0.1, -0.05) is 13.8 Å². The zero-order valence-corrected chi connectivity index (χ0v) is 11.7. The van der Waals surface area contributed by atoms with Crippen LogP contribution in [0.15, 0.2) is 0 Å². The van der Waals surface area contributed by atoms with Crippen molar-refractivity contribution in [1.29, 1.82) is 0 Å². The molecule has 0 aromatic carbocycles. The molecule has 0 spiro atoms. The number of carbonyl (C=O) groups excluding carboxylic acids is 1. The highest BCUT2D eigenvalue weighted by molar-refractivity contribution is 7.87. The van der Waals surface area contributed by atoms with Gasteiger partial charge in [0.15, 0.2) is 0 Å². The molecule has 1 saturated heterocycles. The highest BCUT2D eigenvalue weighted by atomic mass is 32.2. The van der Waals surface area contributed by atoms with Crippen molar-refractivity contribution in [2.45, 2.75) is 19.9 Å². The van der Waals surface area contributed by atoms with E-state index in [1.807, 2.05) is 13.8 Å². The number of esters is 1. The van der Waals surface area contributed by atoms with Gasteiger partial charge in [0.2, 0.25) is 0 Å². The first kappa shape index (κ1) is 15.4. The molecule has 0 aromatic rings. The predicted molar refractivity (Wildman–Crippen MR) is 65.1 cm³/mol. The molecular formula is C10H20N2O5S. The first-order valence-electron chi connectivity index (χ1n) is 5.80. The lowest BCUT2D eigenvalue weighted by Crippen LogP contribution is -2.56. The molecule has 1 heterocycles. The average Bonchev–Trinajstić information content (AvgIpc) is 2.35. The van der Waals surface area contributed by atoms with Crippen molar-refractivity contribution in [3.8, 4) is 0 Å². The first-order chi connectivity index (χ1) is 8.38. The van der Waals surface area contributed by atoms with Crippen LogP contribution in [0.5, 0.6) is 0 Å².